The summed E-state index contributed by atoms with van der Waals surface area (Å²) < 4.78 is 6.28. The van der Waals surface area contributed by atoms with E-state index in [0.717, 1.165) is 17.7 Å². The first-order chi connectivity index (χ1) is 14.6. The molecule has 31 heavy (non-hydrogen) atoms. The fourth-order valence-electron chi connectivity index (χ4n) is 5.98. The summed E-state index contributed by atoms with van der Waals surface area (Å²) in [5.74, 6) is 0. The predicted molar refractivity (Wildman–Crippen MR) is 128 cm³/mol. The zero-order valence-corrected chi connectivity index (χ0v) is 20.2. The largest absolute Gasteiger partial charge is 0.389 e. The first-order valence-corrected chi connectivity index (χ1v) is 11.9. The molecule has 0 spiro atoms. The number of halogens is 2. The zero-order chi connectivity index (χ0) is 22.2. The molecule has 0 amide bonds. The molecule has 2 bridgehead atoms. The van der Waals surface area contributed by atoms with E-state index in [2.05, 4.69) is 25.7 Å². The summed E-state index contributed by atoms with van der Waals surface area (Å²) in [6, 6.07) is 15.9. The molecular weight excluding hydrogens is 429 g/mol. The van der Waals surface area contributed by atoms with Crippen LogP contribution in [-0.4, -0.2) is 41.8 Å². The highest BCUT2D eigenvalue weighted by atomic mass is 35.5. The Hall–Kier alpha value is -1.10. The monoisotopic (exact) mass is 461 g/mol. The molecule has 1 aliphatic heterocycles. The fraction of sp³-hybridized carbons (Fsp3) is 0.538. The lowest BCUT2D eigenvalue weighted by atomic mass is 9.65. The van der Waals surface area contributed by atoms with E-state index in [1.165, 1.54) is 19.3 Å². The number of benzene rings is 2. The molecule has 0 aromatic heterocycles. The van der Waals surface area contributed by atoms with E-state index < -0.39 is 6.10 Å². The van der Waals surface area contributed by atoms with Crippen LogP contribution in [0.25, 0.3) is 0 Å². The SMILES string of the molecule is CC1(C)C[C@H]2C[C@@](C)(CN2C[C@H](O)COC(c2ccc(Cl)cc2)c2ccc(Cl)cc2)C1. The van der Waals surface area contributed by atoms with Crippen LogP contribution in [0.4, 0.5) is 0 Å². The minimum absolute atomic E-state index is 0.277. The highest BCUT2D eigenvalue weighted by Crippen LogP contribution is 2.52. The Morgan fingerprint density at radius 3 is 2.06 bits per heavy atom. The van der Waals surface area contributed by atoms with E-state index in [-0.39, 0.29) is 12.7 Å². The van der Waals surface area contributed by atoms with Gasteiger partial charge < -0.3 is 9.84 Å². The van der Waals surface area contributed by atoms with E-state index in [4.69, 9.17) is 27.9 Å². The summed E-state index contributed by atoms with van der Waals surface area (Å²) in [4.78, 5) is 2.49. The van der Waals surface area contributed by atoms with Gasteiger partial charge in [0.15, 0.2) is 0 Å². The first kappa shape index (κ1) is 23.1. The van der Waals surface area contributed by atoms with Crippen molar-refractivity contribution in [1.29, 1.82) is 0 Å². The molecule has 1 N–H and O–H groups in total. The van der Waals surface area contributed by atoms with Crippen molar-refractivity contribution in [2.24, 2.45) is 10.8 Å². The summed E-state index contributed by atoms with van der Waals surface area (Å²) in [5, 5.41) is 12.2. The van der Waals surface area contributed by atoms with Gasteiger partial charge in [0, 0.05) is 29.2 Å². The lowest BCUT2D eigenvalue weighted by Gasteiger charge is -2.40. The molecule has 2 aliphatic rings. The molecule has 1 heterocycles. The molecular formula is C26H33Cl2NO2. The van der Waals surface area contributed by atoms with Crippen molar-refractivity contribution in [3.05, 3.63) is 69.7 Å². The lowest BCUT2D eigenvalue weighted by molar-refractivity contribution is -0.0112. The Bertz CT molecular complexity index is 838. The van der Waals surface area contributed by atoms with Crippen LogP contribution in [0.2, 0.25) is 10.0 Å². The summed E-state index contributed by atoms with van der Waals surface area (Å²) in [7, 11) is 0. The van der Waals surface area contributed by atoms with Crippen LogP contribution in [0.1, 0.15) is 57.3 Å². The number of rotatable bonds is 7. The van der Waals surface area contributed by atoms with Gasteiger partial charge in [0.25, 0.3) is 0 Å². The lowest BCUT2D eigenvalue weighted by Crippen LogP contribution is -2.39. The number of aliphatic hydroxyl groups excluding tert-OH is 1. The van der Waals surface area contributed by atoms with Gasteiger partial charge in [-0.1, -0.05) is 68.2 Å². The van der Waals surface area contributed by atoms with E-state index in [0.29, 0.717) is 33.5 Å². The second kappa shape index (κ2) is 9.03. The Balaban J connectivity index is 1.42. The Kier molecular flexibility index (Phi) is 6.72. The molecule has 5 heteroatoms. The molecule has 3 nitrogen and oxygen atoms in total. The van der Waals surface area contributed by atoms with Gasteiger partial charge in [-0.05, 0) is 65.5 Å². The average Bonchev–Trinajstić information content (AvgIpc) is 2.92. The average molecular weight is 462 g/mol. The van der Waals surface area contributed by atoms with Crippen LogP contribution in [0.15, 0.2) is 48.5 Å². The smallest absolute Gasteiger partial charge is 0.108 e. The van der Waals surface area contributed by atoms with Gasteiger partial charge in [0.1, 0.15) is 6.10 Å². The maximum atomic E-state index is 10.9. The van der Waals surface area contributed by atoms with Crippen LogP contribution in [0.5, 0.6) is 0 Å². The summed E-state index contributed by atoms with van der Waals surface area (Å²) in [6.45, 7) is 9.16. The third kappa shape index (κ3) is 5.64. The number of hydrogen-bond acceptors (Lipinski definition) is 3. The molecule has 168 valence electrons. The third-order valence-corrected chi connectivity index (χ3v) is 7.27. The molecule has 2 fully saturated rings. The number of β-amino-alcohol motifs (C(OH)–C–C–N with tert-alkyl or cyclic N) is 1. The summed E-state index contributed by atoms with van der Waals surface area (Å²) in [5.41, 5.74) is 2.75. The second-order valence-electron chi connectivity index (χ2n) is 10.6. The van der Waals surface area contributed by atoms with Crippen LogP contribution in [0.3, 0.4) is 0 Å². The van der Waals surface area contributed by atoms with Crippen molar-refractivity contribution in [2.45, 2.75) is 58.3 Å². The molecule has 2 aromatic carbocycles. The van der Waals surface area contributed by atoms with Crippen molar-refractivity contribution in [1.82, 2.24) is 4.90 Å². The van der Waals surface area contributed by atoms with E-state index in [1.54, 1.807) is 0 Å². The van der Waals surface area contributed by atoms with Crippen molar-refractivity contribution >= 4 is 23.2 Å². The zero-order valence-electron chi connectivity index (χ0n) is 18.7. The van der Waals surface area contributed by atoms with Crippen LogP contribution < -0.4 is 0 Å². The molecule has 0 unspecified atom stereocenters. The van der Waals surface area contributed by atoms with Crippen molar-refractivity contribution < 1.29 is 9.84 Å². The maximum Gasteiger partial charge on any atom is 0.108 e. The van der Waals surface area contributed by atoms with Gasteiger partial charge in [0.05, 0.1) is 12.7 Å². The summed E-state index contributed by atoms with van der Waals surface area (Å²) in [6.07, 6.45) is 2.89. The van der Waals surface area contributed by atoms with Gasteiger partial charge >= 0.3 is 0 Å². The normalized spacial score (nSPS) is 26.4. The highest BCUT2D eigenvalue weighted by molar-refractivity contribution is 6.30. The molecule has 1 aliphatic carbocycles. The molecule has 3 atom stereocenters. The van der Waals surface area contributed by atoms with Gasteiger partial charge in [-0.25, -0.2) is 0 Å². The number of fused-ring (bicyclic) bond motifs is 2. The fourth-order valence-corrected chi connectivity index (χ4v) is 6.23. The molecule has 4 rings (SSSR count). The van der Waals surface area contributed by atoms with Gasteiger partial charge in [-0.3, -0.25) is 4.90 Å². The van der Waals surface area contributed by atoms with Crippen molar-refractivity contribution in [3.8, 4) is 0 Å². The minimum atomic E-state index is -0.534. The molecule has 1 saturated carbocycles. The van der Waals surface area contributed by atoms with E-state index in [1.807, 2.05) is 48.5 Å². The Labute approximate surface area is 196 Å². The van der Waals surface area contributed by atoms with Crippen LogP contribution >= 0.6 is 23.2 Å². The summed E-state index contributed by atoms with van der Waals surface area (Å²) >= 11 is 12.2. The first-order valence-electron chi connectivity index (χ1n) is 11.2. The third-order valence-electron chi connectivity index (χ3n) is 6.77. The van der Waals surface area contributed by atoms with Gasteiger partial charge in [0.2, 0.25) is 0 Å². The Morgan fingerprint density at radius 2 is 1.52 bits per heavy atom. The van der Waals surface area contributed by atoms with E-state index in [9.17, 15) is 5.11 Å². The maximum absolute atomic E-state index is 10.9. The predicted octanol–water partition coefficient (Wildman–Crippen LogP) is 6.36. The molecule has 1 saturated heterocycles. The van der Waals surface area contributed by atoms with Crippen molar-refractivity contribution in [3.63, 3.8) is 0 Å². The van der Waals surface area contributed by atoms with Crippen LogP contribution in [-0.2, 0) is 4.74 Å². The topological polar surface area (TPSA) is 32.7 Å². The molecule has 0 radical (unpaired) electrons. The molecule has 2 aromatic rings. The van der Waals surface area contributed by atoms with Crippen LogP contribution in [0, 0.1) is 10.8 Å². The van der Waals surface area contributed by atoms with Crippen molar-refractivity contribution in [2.75, 3.05) is 19.7 Å². The highest BCUT2D eigenvalue weighted by Gasteiger charge is 2.49. The van der Waals surface area contributed by atoms with Gasteiger partial charge in [-0.2, -0.15) is 0 Å². The number of hydrogen-bond donors (Lipinski definition) is 1. The quantitative estimate of drug-likeness (QED) is 0.520. The minimum Gasteiger partial charge on any atom is -0.389 e. The van der Waals surface area contributed by atoms with Gasteiger partial charge in [-0.15, -0.1) is 0 Å². The second-order valence-corrected chi connectivity index (χ2v) is 11.5. The standard InChI is InChI=1S/C26H33Cl2NO2/c1-25(2)12-22-13-26(3,16-25)17-29(22)14-23(30)15-31-24(18-4-8-20(27)9-5-18)19-6-10-21(28)11-7-19/h4-11,22-24,30H,12-17H2,1-3H3/t22-,23-,26+/m0/s1. The number of likely N-dealkylation sites (tertiary alicyclic amines) is 1. The number of aliphatic hydroxyl groups is 1. The number of ether oxygens (including phenoxy) is 1. The number of nitrogens with zero attached hydrogens (tertiary/aromatic N) is 1. The van der Waals surface area contributed by atoms with E-state index >= 15 is 0 Å². The Morgan fingerprint density at radius 1 is 0.968 bits per heavy atom.